The minimum atomic E-state index is -0.635. The van der Waals surface area contributed by atoms with Gasteiger partial charge in [-0.05, 0) is 26.2 Å². The zero-order valence-corrected chi connectivity index (χ0v) is 14.9. The number of carbonyl (C=O) groups is 1. The maximum absolute atomic E-state index is 12.7. The van der Waals surface area contributed by atoms with Gasteiger partial charge in [-0.15, -0.1) is 0 Å². The van der Waals surface area contributed by atoms with Gasteiger partial charge in [0.15, 0.2) is 0 Å². The number of aromatic nitrogens is 2. The third kappa shape index (κ3) is 3.90. The summed E-state index contributed by atoms with van der Waals surface area (Å²) in [4.78, 5) is 19.0. The summed E-state index contributed by atoms with van der Waals surface area (Å²) in [5.74, 6) is 0.741. The number of carbonyl (C=O) groups excluding carboxylic acids is 1. The Morgan fingerprint density at radius 2 is 1.96 bits per heavy atom. The van der Waals surface area contributed by atoms with Crippen LogP contribution < -0.4 is 5.73 Å². The fourth-order valence-corrected chi connectivity index (χ4v) is 3.29. The Balaban J connectivity index is 1.80. The zero-order chi connectivity index (χ0) is 17.8. The molecule has 1 aromatic heterocycles. The first-order valence-electron chi connectivity index (χ1n) is 9.05. The molecule has 2 atom stereocenters. The van der Waals surface area contributed by atoms with Crippen LogP contribution in [0.15, 0.2) is 28.8 Å². The lowest BCUT2D eigenvalue weighted by Gasteiger charge is -2.24. The average molecular weight is 342 g/mol. The molecule has 1 amide bonds. The SMILES string of the molecule is CCC[C@H](c1nc(-c2ccc(C)cc2)no1)[C@H](N)C(=O)N1CCCC1. The average Bonchev–Trinajstić information content (AvgIpc) is 3.31. The van der Waals surface area contributed by atoms with Crippen LogP contribution in [0.3, 0.4) is 0 Å². The predicted octanol–water partition coefficient (Wildman–Crippen LogP) is 2.88. The minimum absolute atomic E-state index is 0.00830. The molecule has 0 bridgehead atoms. The van der Waals surface area contributed by atoms with Crippen molar-refractivity contribution in [1.82, 2.24) is 15.0 Å². The molecule has 0 saturated carbocycles. The molecule has 0 unspecified atom stereocenters. The van der Waals surface area contributed by atoms with E-state index in [0.717, 1.165) is 44.3 Å². The lowest BCUT2D eigenvalue weighted by atomic mass is 9.94. The molecule has 1 fully saturated rings. The number of hydrogen-bond acceptors (Lipinski definition) is 5. The highest BCUT2D eigenvalue weighted by Gasteiger charge is 2.33. The molecule has 1 aliphatic heterocycles. The Bertz CT molecular complexity index is 704. The summed E-state index contributed by atoms with van der Waals surface area (Å²) in [6.07, 6.45) is 3.74. The van der Waals surface area contributed by atoms with E-state index in [1.165, 1.54) is 5.56 Å². The van der Waals surface area contributed by atoms with E-state index in [0.29, 0.717) is 11.7 Å². The van der Waals surface area contributed by atoms with E-state index in [1.807, 2.05) is 36.1 Å². The van der Waals surface area contributed by atoms with E-state index in [1.54, 1.807) is 0 Å². The van der Waals surface area contributed by atoms with Crippen LogP contribution in [0.2, 0.25) is 0 Å². The summed E-state index contributed by atoms with van der Waals surface area (Å²) in [7, 11) is 0. The number of amides is 1. The lowest BCUT2D eigenvalue weighted by molar-refractivity contribution is -0.132. The van der Waals surface area contributed by atoms with Crippen molar-refractivity contribution in [1.29, 1.82) is 0 Å². The van der Waals surface area contributed by atoms with Gasteiger partial charge in [-0.1, -0.05) is 48.3 Å². The fourth-order valence-electron chi connectivity index (χ4n) is 3.29. The highest BCUT2D eigenvalue weighted by molar-refractivity contribution is 5.82. The number of hydrogen-bond donors (Lipinski definition) is 1. The largest absolute Gasteiger partial charge is 0.341 e. The Kier molecular flexibility index (Phi) is 5.48. The molecule has 2 N–H and O–H groups in total. The second-order valence-electron chi connectivity index (χ2n) is 6.78. The van der Waals surface area contributed by atoms with E-state index >= 15 is 0 Å². The van der Waals surface area contributed by atoms with Gasteiger partial charge < -0.3 is 15.2 Å². The fraction of sp³-hybridized carbons (Fsp3) is 0.526. The second-order valence-corrected chi connectivity index (χ2v) is 6.78. The van der Waals surface area contributed by atoms with Gasteiger partial charge in [-0.25, -0.2) is 0 Å². The quantitative estimate of drug-likeness (QED) is 0.872. The van der Waals surface area contributed by atoms with Crippen molar-refractivity contribution < 1.29 is 9.32 Å². The van der Waals surface area contributed by atoms with Crippen molar-refractivity contribution in [3.05, 3.63) is 35.7 Å². The molecule has 0 spiro atoms. The van der Waals surface area contributed by atoms with Gasteiger partial charge >= 0.3 is 0 Å². The summed E-state index contributed by atoms with van der Waals surface area (Å²) in [6.45, 7) is 5.69. The first-order chi connectivity index (χ1) is 12.1. The molecule has 3 rings (SSSR count). The number of rotatable bonds is 6. The molecule has 1 saturated heterocycles. The molecular weight excluding hydrogens is 316 g/mol. The molecule has 6 heteroatoms. The van der Waals surface area contributed by atoms with Gasteiger partial charge in [0, 0.05) is 18.7 Å². The van der Waals surface area contributed by atoms with Gasteiger partial charge in [0.05, 0.1) is 12.0 Å². The Hall–Kier alpha value is -2.21. The Labute approximate surface area is 148 Å². The Morgan fingerprint density at radius 1 is 1.28 bits per heavy atom. The lowest BCUT2D eigenvalue weighted by Crippen LogP contribution is -2.46. The van der Waals surface area contributed by atoms with Crippen LogP contribution in [0, 0.1) is 6.92 Å². The van der Waals surface area contributed by atoms with Crippen molar-refractivity contribution >= 4 is 5.91 Å². The molecular formula is C19H26N4O2. The molecule has 1 aromatic carbocycles. The van der Waals surface area contributed by atoms with Gasteiger partial charge in [-0.3, -0.25) is 4.79 Å². The standard InChI is InChI=1S/C19H26N4O2/c1-3-6-15(16(20)19(24)23-11-4-5-12-23)18-21-17(22-25-18)14-9-7-13(2)8-10-14/h7-10,15-16H,3-6,11-12,20H2,1-2H3/t15-,16-/m0/s1. The van der Waals surface area contributed by atoms with Crippen LogP contribution in [-0.4, -0.2) is 40.1 Å². The van der Waals surface area contributed by atoms with E-state index in [-0.39, 0.29) is 11.8 Å². The van der Waals surface area contributed by atoms with Gasteiger partial charge in [-0.2, -0.15) is 4.98 Å². The molecule has 0 radical (unpaired) electrons. The molecule has 0 aliphatic carbocycles. The third-order valence-corrected chi connectivity index (χ3v) is 4.80. The highest BCUT2D eigenvalue weighted by Crippen LogP contribution is 2.27. The van der Waals surface area contributed by atoms with Crippen LogP contribution in [0.4, 0.5) is 0 Å². The summed E-state index contributed by atoms with van der Waals surface area (Å²) in [6, 6.07) is 7.32. The molecule has 2 heterocycles. The summed E-state index contributed by atoms with van der Waals surface area (Å²) in [5.41, 5.74) is 8.38. The number of likely N-dealkylation sites (tertiary alicyclic amines) is 1. The molecule has 134 valence electrons. The van der Waals surface area contributed by atoms with Crippen LogP contribution >= 0.6 is 0 Å². The van der Waals surface area contributed by atoms with Crippen LogP contribution in [0.1, 0.15) is 50.0 Å². The second kappa shape index (κ2) is 7.78. The number of nitrogens with two attached hydrogens (primary N) is 1. The smallest absolute Gasteiger partial charge is 0.240 e. The van der Waals surface area contributed by atoms with E-state index in [9.17, 15) is 4.79 Å². The normalized spacial score (nSPS) is 16.8. The first-order valence-corrected chi connectivity index (χ1v) is 9.05. The maximum atomic E-state index is 12.7. The summed E-state index contributed by atoms with van der Waals surface area (Å²) in [5, 5.41) is 4.09. The van der Waals surface area contributed by atoms with Crippen molar-refractivity contribution in [2.45, 2.75) is 51.5 Å². The molecule has 2 aromatic rings. The van der Waals surface area contributed by atoms with Crippen molar-refractivity contribution in [3.63, 3.8) is 0 Å². The van der Waals surface area contributed by atoms with Crippen molar-refractivity contribution in [3.8, 4) is 11.4 Å². The number of benzene rings is 1. The van der Waals surface area contributed by atoms with Gasteiger partial charge in [0.25, 0.3) is 0 Å². The molecule has 6 nitrogen and oxygen atoms in total. The first kappa shape index (κ1) is 17.6. The minimum Gasteiger partial charge on any atom is -0.341 e. The number of aryl methyl sites for hydroxylation is 1. The summed E-state index contributed by atoms with van der Waals surface area (Å²) >= 11 is 0. The highest BCUT2D eigenvalue weighted by atomic mass is 16.5. The number of nitrogens with zero attached hydrogens (tertiary/aromatic N) is 3. The molecule has 25 heavy (non-hydrogen) atoms. The van der Waals surface area contributed by atoms with Gasteiger partial charge in [0.2, 0.25) is 17.6 Å². The Morgan fingerprint density at radius 3 is 2.60 bits per heavy atom. The van der Waals surface area contributed by atoms with Crippen molar-refractivity contribution in [2.75, 3.05) is 13.1 Å². The topological polar surface area (TPSA) is 85.2 Å². The van der Waals surface area contributed by atoms with Gasteiger partial charge in [0.1, 0.15) is 0 Å². The zero-order valence-electron chi connectivity index (χ0n) is 14.9. The maximum Gasteiger partial charge on any atom is 0.240 e. The third-order valence-electron chi connectivity index (χ3n) is 4.80. The van der Waals surface area contributed by atoms with E-state index in [4.69, 9.17) is 10.3 Å². The van der Waals surface area contributed by atoms with Crippen LogP contribution in [0.25, 0.3) is 11.4 Å². The van der Waals surface area contributed by atoms with E-state index in [2.05, 4.69) is 17.1 Å². The summed E-state index contributed by atoms with van der Waals surface area (Å²) < 4.78 is 5.49. The van der Waals surface area contributed by atoms with E-state index < -0.39 is 6.04 Å². The van der Waals surface area contributed by atoms with Crippen LogP contribution in [-0.2, 0) is 4.79 Å². The monoisotopic (exact) mass is 342 g/mol. The van der Waals surface area contributed by atoms with Crippen molar-refractivity contribution in [2.24, 2.45) is 5.73 Å². The van der Waals surface area contributed by atoms with Crippen LogP contribution in [0.5, 0.6) is 0 Å². The molecule has 1 aliphatic rings. The predicted molar refractivity (Wildman–Crippen MR) is 95.9 cm³/mol.